The SMILES string of the molecule is Cc1cccc(NC(=O)CC(=O)Nc2c(Cl)cccc2Cl)c1C. The van der Waals surface area contributed by atoms with Crippen LogP contribution in [0, 0.1) is 13.8 Å². The summed E-state index contributed by atoms with van der Waals surface area (Å²) >= 11 is 12.0. The smallest absolute Gasteiger partial charge is 0.233 e. The van der Waals surface area contributed by atoms with Crippen LogP contribution in [-0.2, 0) is 9.59 Å². The van der Waals surface area contributed by atoms with Crippen molar-refractivity contribution in [1.29, 1.82) is 0 Å². The number of anilines is 2. The van der Waals surface area contributed by atoms with Crippen molar-refractivity contribution >= 4 is 46.4 Å². The van der Waals surface area contributed by atoms with Gasteiger partial charge in [0.25, 0.3) is 0 Å². The fourth-order valence-corrected chi connectivity index (χ4v) is 2.52. The van der Waals surface area contributed by atoms with Crippen molar-refractivity contribution in [2.75, 3.05) is 10.6 Å². The predicted octanol–water partition coefficient (Wildman–Crippen LogP) is 4.58. The van der Waals surface area contributed by atoms with E-state index in [1.165, 1.54) is 0 Å². The first-order valence-electron chi connectivity index (χ1n) is 6.98. The molecule has 0 bridgehead atoms. The van der Waals surface area contributed by atoms with E-state index in [0.717, 1.165) is 11.1 Å². The Balaban J connectivity index is 2.00. The van der Waals surface area contributed by atoms with E-state index in [4.69, 9.17) is 23.2 Å². The van der Waals surface area contributed by atoms with E-state index in [9.17, 15) is 9.59 Å². The van der Waals surface area contributed by atoms with Gasteiger partial charge in [0, 0.05) is 5.69 Å². The molecule has 0 aliphatic heterocycles. The first-order chi connectivity index (χ1) is 10.9. The number of carbonyl (C=O) groups excluding carboxylic acids is 2. The molecule has 4 nitrogen and oxygen atoms in total. The fraction of sp³-hybridized carbons (Fsp3) is 0.176. The van der Waals surface area contributed by atoms with E-state index >= 15 is 0 Å². The van der Waals surface area contributed by atoms with E-state index < -0.39 is 11.8 Å². The maximum absolute atomic E-state index is 12.0. The highest BCUT2D eigenvalue weighted by molar-refractivity contribution is 6.39. The van der Waals surface area contributed by atoms with Gasteiger partial charge in [-0.25, -0.2) is 0 Å². The molecule has 0 saturated heterocycles. The second kappa shape index (κ2) is 7.49. The largest absolute Gasteiger partial charge is 0.325 e. The zero-order valence-corrected chi connectivity index (χ0v) is 14.3. The molecular weight excluding hydrogens is 335 g/mol. The van der Waals surface area contributed by atoms with Gasteiger partial charge in [-0.3, -0.25) is 9.59 Å². The molecule has 6 heteroatoms. The van der Waals surface area contributed by atoms with Gasteiger partial charge in [-0.1, -0.05) is 41.4 Å². The number of hydrogen-bond acceptors (Lipinski definition) is 2. The van der Waals surface area contributed by atoms with Crippen LogP contribution in [0.2, 0.25) is 10.0 Å². The summed E-state index contributed by atoms with van der Waals surface area (Å²) in [4.78, 5) is 24.0. The molecule has 2 rings (SSSR count). The topological polar surface area (TPSA) is 58.2 Å². The number of benzene rings is 2. The lowest BCUT2D eigenvalue weighted by molar-refractivity contribution is -0.123. The van der Waals surface area contributed by atoms with Crippen LogP contribution >= 0.6 is 23.2 Å². The standard InChI is InChI=1S/C17H16Cl2N2O2/c1-10-5-3-8-14(11(10)2)20-15(22)9-16(23)21-17-12(18)6-4-7-13(17)19/h3-8H,9H2,1-2H3,(H,20,22)(H,21,23). The number of amides is 2. The van der Waals surface area contributed by atoms with Gasteiger partial charge in [-0.2, -0.15) is 0 Å². The first-order valence-corrected chi connectivity index (χ1v) is 7.74. The number of rotatable bonds is 4. The molecule has 2 aromatic carbocycles. The zero-order chi connectivity index (χ0) is 17.0. The number of para-hydroxylation sites is 1. The van der Waals surface area contributed by atoms with Crippen LogP contribution in [0.4, 0.5) is 11.4 Å². The lowest BCUT2D eigenvalue weighted by Crippen LogP contribution is -2.22. The van der Waals surface area contributed by atoms with E-state index in [-0.39, 0.29) is 6.42 Å². The van der Waals surface area contributed by atoms with Crippen LogP contribution in [0.15, 0.2) is 36.4 Å². The van der Waals surface area contributed by atoms with E-state index in [2.05, 4.69) is 10.6 Å². The van der Waals surface area contributed by atoms with Gasteiger partial charge < -0.3 is 10.6 Å². The molecule has 2 N–H and O–H groups in total. The number of halogens is 2. The van der Waals surface area contributed by atoms with Crippen LogP contribution in [0.1, 0.15) is 17.5 Å². The zero-order valence-electron chi connectivity index (χ0n) is 12.7. The first kappa shape index (κ1) is 17.3. The third kappa shape index (κ3) is 4.47. The Labute approximate surface area is 144 Å². The normalized spacial score (nSPS) is 10.3. The third-order valence-electron chi connectivity index (χ3n) is 3.43. The van der Waals surface area contributed by atoms with Gasteiger partial charge in [0.05, 0.1) is 15.7 Å². The molecule has 0 aliphatic carbocycles. The van der Waals surface area contributed by atoms with Crippen LogP contribution in [0.3, 0.4) is 0 Å². The van der Waals surface area contributed by atoms with Crippen LogP contribution in [-0.4, -0.2) is 11.8 Å². The molecule has 0 spiro atoms. The Morgan fingerprint density at radius 1 is 0.913 bits per heavy atom. The minimum atomic E-state index is -0.484. The van der Waals surface area contributed by atoms with Gasteiger partial charge >= 0.3 is 0 Å². The molecule has 2 amide bonds. The summed E-state index contributed by atoms with van der Waals surface area (Å²) in [6, 6.07) is 10.5. The second-order valence-electron chi connectivity index (χ2n) is 5.12. The molecule has 0 saturated carbocycles. The van der Waals surface area contributed by atoms with Crippen molar-refractivity contribution in [2.24, 2.45) is 0 Å². The van der Waals surface area contributed by atoms with E-state index in [1.807, 2.05) is 26.0 Å². The lowest BCUT2D eigenvalue weighted by atomic mass is 10.1. The van der Waals surface area contributed by atoms with Crippen molar-refractivity contribution in [2.45, 2.75) is 20.3 Å². The summed E-state index contributed by atoms with van der Waals surface area (Å²) in [6.07, 6.45) is -0.324. The molecule has 0 fully saturated rings. The number of carbonyl (C=O) groups is 2. The maximum Gasteiger partial charge on any atom is 0.233 e. The second-order valence-corrected chi connectivity index (χ2v) is 5.93. The molecule has 0 unspecified atom stereocenters. The fourth-order valence-electron chi connectivity index (χ4n) is 2.03. The Hall–Kier alpha value is -2.04. The average Bonchev–Trinajstić information content (AvgIpc) is 2.48. The summed E-state index contributed by atoms with van der Waals surface area (Å²) in [5.41, 5.74) is 3.03. The highest BCUT2D eigenvalue weighted by Gasteiger charge is 2.14. The molecule has 0 aromatic heterocycles. The molecule has 120 valence electrons. The van der Waals surface area contributed by atoms with E-state index in [0.29, 0.717) is 21.4 Å². The van der Waals surface area contributed by atoms with Gasteiger partial charge in [-0.15, -0.1) is 0 Å². The Kier molecular flexibility index (Phi) is 5.64. The van der Waals surface area contributed by atoms with Crippen LogP contribution in [0.25, 0.3) is 0 Å². The molecular formula is C17H16Cl2N2O2. The molecule has 0 radical (unpaired) electrons. The van der Waals surface area contributed by atoms with Gasteiger partial charge in [0.2, 0.25) is 11.8 Å². The molecule has 23 heavy (non-hydrogen) atoms. The van der Waals surface area contributed by atoms with Crippen molar-refractivity contribution in [3.63, 3.8) is 0 Å². The van der Waals surface area contributed by atoms with Crippen LogP contribution in [0.5, 0.6) is 0 Å². The summed E-state index contributed by atoms with van der Waals surface area (Å²) in [6.45, 7) is 3.87. The Bertz CT molecular complexity index is 740. The summed E-state index contributed by atoms with van der Waals surface area (Å²) in [7, 11) is 0. The molecule has 2 aromatic rings. The quantitative estimate of drug-likeness (QED) is 0.793. The van der Waals surface area contributed by atoms with E-state index in [1.54, 1.807) is 24.3 Å². The van der Waals surface area contributed by atoms with Crippen molar-refractivity contribution in [3.05, 3.63) is 57.6 Å². The van der Waals surface area contributed by atoms with Crippen molar-refractivity contribution < 1.29 is 9.59 Å². The summed E-state index contributed by atoms with van der Waals surface area (Å²) in [5, 5.41) is 5.93. The molecule has 0 atom stereocenters. The maximum atomic E-state index is 12.0. The highest BCUT2D eigenvalue weighted by atomic mass is 35.5. The third-order valence-corrected chi connectivity index (χ3v) is 4.06. The number of aryl methyl sites for hydroxylation is 1. The van der Waals surface area contributed by atoms with Crippen molar-refractivity contribution in [3.8, 4) is 0 Å². The van der Waals surface area contributed by atoms with Crippen LogP contribution < -0.4 is 10.6 Å². The Morgan fingerprint density at radius 3 is 2.13 bits per heavy atom. The summed E-state index contributed by atoms with van der Waals surface area (Å²) in [5.74, 6) is -0.887. The lowest BCUT2D eigenvalue weighted by Gasteiger charge is -2.11. The monoisotopic (exact) mass is 350 g/mol. The molecule has 0 heterocycles. The molecule has 0 aliphatic rings. The number of nitrogens with one attached hydrogen (secondary N) is 2. The highest BCUT2D eigenvalue weighted by Crippen LogP contribution is 2.29. The minimum absolute atomic E-state index is 0.306. The van der Waals surface area contributed by atoms with Gasteiger partial charge in [0.1, 0.15) is 6.42 Å². The van der Waals surface area contributed by atoms with Crippen molar-refractivity contribution in [1.82, 2.24) is 0 Å². The predicted molar refractivity (Wildman–Crippen MR) is 94.3 cm³/mol. The Morgan fingerprint density at radius 2 is 1.48 bits per heavy atom. The van der Waals surface area contributed by atoms with Gasteiger partial charge in [0.15, 0.2) is 0 Å². The van der Waals surface area contributed by atoms with Gasteiger partial charge in [-0.05, 0) is 43.2 Å². The average molecular weight is 351 g/mol. The number of hydrogen-bond donors (Lipinski definition) is 2. The summed E-state index contributed by atoms with van der Waals surface area (Å²) < 4.78 is 0. The minimum Gasteiger partial charge on any atom is -0.325 e.